The van der Waals surface area contributed by atoms with Crippen molar-refractivity contribution in [2.24, 2.45) is 0 Å². The van der Waals surface area contributed by atoms with Crippen LogP contribution in [0.3, 0.4) is 0 Å². The van der Waals surface area contributed by atoms with Gasteiger partial charge < -0.3 is 15.0 Å². The molecule has 8 nitrogen and oxygen atoms in total. The molecular weight excluding hydrogens is 526 g/mol. The van der Waals surface area contributed by atoms with Gasteiger partial charge in [0.05, 0.1) is 17.7 Å². The first-order valence-corrected chi connectivity index (χ1v) is 14.8. The molecule has 0 unspecified atom stereocenters. The molecule has 3 aromatic carbocycles. The number of rotatable bonds is 12. The fourth-order valence-electron chi connectivity index (χ4n) is 4.34. The number of carbonyl (C=O) groups excluding carboxylic acids is 2. The van der Waals surface area contributed by atoms with Crippen molar-refractivity contribution in [1.82, 2.24) is 10.2 Å². The van der Waals surface area contributed by atoms with Gasteiger partial charge in [0.2, 0.25) is 11.8 Å². The number of anilines is 1. The third-order valence-electron chi connectivity index (χ3n) is 6.51. The molecule has 214 valence electrons. The third kappa shape index (κ3) is 7.63. The van der Waals surface area contributed by atoms with Crippen LogP contribution in [-0.4, -0.2) is 50.9 Å². The maximum Gasteiger partial charge on any atom is 0.264 e. The van der Waals surface area contributed by atoms with Crippen LogP contribution in [0.4, 0.5) is 5.69 Å². The van der Waals surface area contributed by atoms with E-state index in [1.807, 2.05) is 46.8 Å². The number of amides is 2. The van der Waals surface area contributed by atoms with Crippen molar-refractivity contribution in [3.63, 3.8) is 0 Å². The summed E-state index contributed by atoms with van der Waals surface area (Å²) in [5, 5.41) is 2.90. The Bertz CT molecular complexity index is 1400. The molecular formula is C31H39N3O5S. The highest BCUT2D eigenvalue weighted by Gasteiger charge is 2.33. The second kappa shape index (κ2) is 13.5. The molecule has 9 heteroatoms. The van der Waals surface area contributed by atoms with Crippen molar-refractivity contribution in [2.75, 3.05) is 18.0 Å². The first-order valence-electron chi connectivity index (χ1n) is 13.3. The molecule has 0 fully saturated rings. The lowest BCUT2D eigenvalue weighted by molar-refractivity contribution is -0.140. The molecule has 0 aliphatic rings. The average Bonchev–Trinajstić information content (AvgIpc) is 2.92. The summed E-state index contributed by atoms with van der Waals surface area (Å²) in [4.78, 5) is 28.8. The topological polar surface area (TPSA) is 96.0 Å². The summed E-state index contributed by atoms with van der Waals surface area (Å²) in [6, 6.07) is 19.8. The minimum Gasteiger partial charge on any atom is -0.497 e. The Morgan fingerprint density at radius 1 is 0.925 bits per heavy atom. The van der Waals surface area contributed by atoms with Crippen molar-refractivity contribution in [3.8, 4) is 5.75 Å². The van der Waals surface area contributed by atoms with E-state index in [4.69, 9.17) is 4.74 Å². The Balaban J connectivity index is 2.06. The summed E-state index contributed by atoms with van der Waals surface area (Å²) < 4.78 is 34.3. The van der Waals surface area contributed by atoms with E-state index in [0.717, 1.165) is 21.0 Å². The third-order valence-corrected chi connectivity index (χ3v) is 8.30. The first-order chi connectivity index (χ1) is 19.0. The molecule has 1 atom stereocenters. The number of nitrogens with one attached hydrogen (secondary N) is 1. The number of nitrogens with zero attached hydrogens (tertiary/aromatic N) is 2. The van der Waals surface area contributed by atoms with E-state index in [-0.39, 0.29) is 23.4 Å². The van der Waals surface area contributed by atoms with Crippen LogP contribution in [0, 0.1) is 13.8 Å². The number of carbonyl (C=O) groups is 2. The van der Waals surface area contributed by atoms with Crippen molar-refractivity contribution < 1.29 is 22.7 Å². The molecule has 40 heavy (non-hydrogen) atoms. The summed E-state index contributed by atoms with van der Waals surface area (Å²) >= 11 is 0. The SMILES string of the molecule is CC[C@@H](C(=O)NC(C)C)N(Cc1cccc(OC)c1)C(=O)CN(c1ccc(C)cc1)S(=O)(=O)c1ccc(C)cc1. The van der Waals surface area contributed by atoms with Gasteiger partial charge >= 0.3 is 0 Å². The number of methoxy groups -OCH3 is 1. The predicted octanol–water partition coefficient (Wildman–Crippen LogP) is 4.84. The first kappa shape index (κ1) is 30.7. The number of ether oxygens (including phenoxy) is 1. The maximum atomic E-state index is 14.1. The van der Waals surface area contributed by atoms with E-state index in [2.05, 4.69) is 5.32 Å². The Hall–Kier alpha value is -3.85. The molecule has 0 spiro atoms. The van der Waals surface area contributed by atoms with Crippen LogP contribution in [0.25, 0.3) is 0 Å². The minimum atomic E-state index is -4.10. The molecule has 3 aromatic rings. The highest BCUT2D eigenvalue weighted by Crippen LogP contribution is 2.26. The van der Waals surface area contributed by atoms with Crippen molar-refractivity contribution in [2.45, 2.75) is 64.6 Å². The van der Waals surface area contributed by atoms with E-state index >= 15 is 0 Å². The normalized spacial score (nSPS) is 12.1. The van der Waals surface area contributed by atoms with Gasteiger partial charge in [0.1, 0.15) is 18.3 Å². The van der Waals surface area contributed by atoms with Gasteiger partial charge in [0.15, 0.2) is 0 Å². The molecule has 2 amide bonds. The lowest BCUT2D eigenvalue weighted by Gasteiger charge is -2.33. The largest absolute Gasteiger partial charge is 0.497 e. The molecule has 0 saturated carbocycles. The maximum absolute atomic E-state index is 14.1. The summed E-state index contributed by atoms with van der Waals surface area (Å²) in [5.41, 5.74) is 2.99. The molecule has 0 heterocycles. The van der Waals surface area contributed by atoms with E-state index in [9.17, 15) is 18.0 Å². The van der Waals surface area contributed by atoms with Gasteiger partial charge in [-0.05, 0) is 76.1 Å². The van der Waals surface area contributed by atoms with Crippen LogP contribution in [-0.2, 0) is 26.2 Å². The Morgan fingerprint density at radius 3 is 2.08 bits per heavy atom. The van der Waals surface area contributed by atoms with Crippen LogP contribution in [0.15, 0.2) is 77.7 Å². The summed E-state index contributed by atoms with van der Waals surface area (Å²) in [6.07, 6.45) is 0.351. The lowest BCUT2D eigenvalue weighted by atomic mass is 10.1. The zero-order chi connectivity index (χ0) is 29.4. The number of hydrogen-bond donors (Lipinski definition) is 1. The van der Waals surface area contributed by atoms with Crippen LogP contribution in [0.1, 0.15) is 43.9 Å². The lowest BCUT2D eigenvalue weighted by Crippen LogP contribution is -2.53. The molecule has 0 saturated heterocycles. The number of hydrogen-bond acceptors (Lipinski definition) is 5. The highest BCUT2D eigenvalue weighted by molar-refractivity contribution is 7.92. The quantitative estimate of drug-likeness (QED) is 0.339. The van der Waals surface area contributed by atoms with Gasteiger partial charge in [0.25, 0.3) is 10.0 Å². The average molecular weight is 566 g/mol. The molecule has 1 N–H and O–H groups in total. The molecule has 0 radical (unpaired) electrons. The van der Waals surface area contributed by atoms with Crippen LogP contribution < -0.4 is 14.4 Å². The summed E-state index contributed by atoms with van der Waals surface area (Å²) in [7, 11) is -2.54. The van der Waals surface area contributed by atoms with E-state index < -0.39 is 28.5 Å². The highest BCUT2D eigenvalue weighted by atomic mass is 32.2. The fraction of sp³-hybridized carbons (Fsp3) is 0.355. The molecule has 0 aromatic heterocycles. The van der Waals surface area contributed by atoms with Gasteiger partial charge in [-0.2, -0.15) is 0 Å². The van der Waals surface area contributed by atoms with Gasteiger partial charge in [-0.25, -0.2) is 8.42 Å². The van der Waals surface area contributed by atoms with Gasteiger partial charge in [-0.1, -0.05) is 54.4 Å². The zero-order valence-corrected chi connectivity index (χ0v) is 24.9. The molecule has 3 rings (SSSR count). The number of benzene rings is 3. The smallest absolute Gasteiger partial charge is 0.264 e. The predicted molar refractivity (Wildman–Crippen MR) is 158 cm³/mol. The number of aryl methyl sites for hydroxylation is 2. The van der Waals surface area contributed by atoms with Crippen LogP contribution >= 0.6 is 0 Å². The van der Waals surface area contributed by atoms with Crippen LogP contribution in [0.5, 0.6) is 5.75 Å². The molecule has 0 aliphatic heterocycles. The van der Waals surface area contributed by atoms with E-state index in [1.165, 1.54) is 17.0 Å². The second-order valence-electron chi connectivity index (χ2n) is 10.1. The van der Waals surface area contributed by atoms with Gasteiger partial charge in [-0.3, -0.25) is 13.9 Å². The van der Waals surface area contributed by atoms with Gasteiger partial charge in [-0.15, -0.1) is 0 Å². The Morgan fingerprint density at radius 2 is 1.52 bits per heavy atom. The van der Waals surface area contributed by atoms with Crippen LogP contribution in [0.2, 0.25) is 0 Å². The minimum absolute atomic E-state index is 0.0791. The van der Waals surface area contributed by atoms with E-state index in [0.29, 0.717) is 17.9 Å². The van der Waals surface area contributed by atoms with E-state index in [1.54, 1.807) is 55.6 Å². The van der Waals surface area contributed by atoms with Crippen molar-refractivity contribution in [3.05, 3.63) is 89.5 Å². The van der Waals surface area contributed by atoms with Crippen molar-refractivity contribution >= 4 is 27.5 Å². The summed E-state index contributed by atoms with van der Waals surface area (Å²) in [5.74, 6) is -0.172. The Kier molecular flexibility index (Phi) is 10.3. The molecule has 0 aliphatic carbocycles. The monoisotopic (exact) mass is 565 g/mol. The Labute approximate surface area is 238 Å². The number of sulfonamides is 1. The zero-order valence-electron chi connectivity index (χ0n) is 24.0. The summed E-state index contributed by atoms with van der Waals surface area (Å²) in [6.45, 7) is 8.94. The molecule has 0 bridgehead atoms. The second-order valence-corrected chi connectivity index (χ2v) is 12.0. The standard InChI is InChI=1S/C31H39N3O5S/c1-7-29(31(36)32-22(2)3)33(20-25-9-8-10-27(19-25)39-6)30(35)21-34(26-15-11-23(4)12-16-26)40(37,38)28-17-13-24(5)14-18-28/h8-19,22,29H,7,20-21H2,1-6H3,(H,32,36)/t29-/m0/s1. The van der Waals surface area contributed by atoms with Crippen molar-refractivity contribution in [1.29, 1.82) is 0 Å². The van der Waals surface area contributed by atoms with Gasteiger partial charge in [0, 0.05) is 12.6 Å². The fourth-order valence-corrected chi connectivity index (χ4v) is 5.76.